The molecule has 140 valence electrons. The van der Waals surface area contributed by atoms with Crippen LogP contribution in [-0.4, -0.2) is 84.0 Å². The fourth-order valence-corrected chi connectivity index (χ4v) is 2.55. The first-order valence-corrected chi connectivity index (χ1v) is 9.30. The summed E-state index contributed by atoms with van der Waals surface area (Å²) >= 11 is 3.01. The van der Waals surface area contributed by atoms with Gasteiger partial charge >= 0.3 is 0 Å². The first kappa shape index (κ1) is 26.2. The maximum atomic E-state index is 9.25. The minimum atomic E-state index is -0.0843. The monoisotopic (exact) mass is 466 g/mol. The van der Waals surface area contributed by atoms with E-state index in [4.69, 9.17) is 18.0 Å². The third-order valence-electron chi connectivity index (χ3n) is 4.24. The summed E-state index contributed by atoms with van der Waals surface area (Å²) in [6, 6.07) is 0. The molecule has 0 radical (unpaired) electrons. The number of likely N-dealkylation sites (tertiary alicyclic amines) is 2. The number of alkyl halides is 1. The SMILES string of the molecule is C#CCBr.C#CC[N+]1(C)CCC(O)CC1.CN1CCC(O)CC1.[Br-]. The highest BCUT2D eigenvalue weighted by Gasteiger charge is 2.27. The van der Waals surface area contributed by atoms with E-state index in [0.717, 1.165) is 62.9 Å². The Morgan fingerprint density at radius 2 is 1.46 bits per heavy atom. The number of rotatable bonds is 1. The summed E-state index contributed by atoms with van der Waals surface area (Å²) in [5.41, 5.74) is 0. The zero-order chi connectivity index (χ0) is 17.7. The molecule has 2 aliphatic heterocycles. The van der Waals surface area contributed by atoms with Gasteiger partial charge in [0.25, 0.3) is 0 Å². The second-order valence-electron chi connectivity index (χ2n) is 6.53. The van der Waals surface area contributed by atoms with Crippen LogP contribution >= 0.6 is 15.9 Å². The summed E-state index contributed by atoms with van der Waals surface area (Å²) in [4.78, 5) is 2.24. The van der Waals surface area contributed by atoms with Gasteiger partial charge in [-0.05, 0) is 25.8 Å². The minimum Gasteiger partial charge on any atom is -1.00 e. The van der Waals surface area contributed by atoms with Crippen LogP contribution in [0.15, 0.2) is 0 Å². The number of terminal acetylenes is 2. The molecule has 2 rings (SSSR count). The Kier molecular flexibility index (Phi) is 16.6. The van der Waals surface area contributed by atoms with Crippen molar-refractivity contribution in [2.45, 2.75) is 37.9 Å². The number of aliphatic hydroxyl groups excluding tert-OH is 2. The highest BCUT2D eigenvalue weighted by atomic mass is 79.9. The van der Waals surface area contributed by atoms with Gasteiger partial charge < -0.3 is 36.6 Å². The molecule has 0 aliphatic carbocycles. The fraction of sp³-hybridized carbons (Fsp3) is 0.778. The number of quaternary nitrogens is 1. The summed E-state index contributed by atoms with van der Waals surface area (Å²) in [6.07, 6.45) is 13.6. The van der Waals surface area contributed by atoms with Gasteiger partial charge in [0, 0.05) is 25.9 Å². The molecule has 0 bridgehead atoms. The molecular formula is C18H32Br2N2O2. The lowest BCUT2D eigenvalue weighted by Gasteiger charge is -2.37. The lowest BCUT2D eigenvalue weighted by atomic mass is 10.1. The zero-order valence-corrected chi connectivity index (χ0v) is 18.1. The molecule has 0 amide bonds. The van der Waals surface area contributed by atoms with E-state index in [1.165, 1.54) is 0 Å². The van der Waals surface area contributed by atoms with E-state index in [1.54, 1.807) is 0 Å². The third kappa shape index (κ3) is 13.2. The lowest BCUT2D eigenvalue weighted by molar-refractivity contribution is -0.908. The minimum absolute atomic E-state index is 0. The van der Waals surface area contributed by atoms with Crippen LogP contribution in [0.2, 0.25) is 0 Å². The predicted octanol–water partition coefficient (Wildman–Crippen LogP) is -1.69. The number of aliphatic hydroxyl groups is 2. The van der Waals surface area contributed by atoms with Crippen molar-refractivity contribution in [2.75, 3.05) is 52.1 Å². The van der Waals surface area contributed by atoms with Crippen molar-refractivity contribution < 1.29 is 31.7 Å². The molecule has 24 heavy (non-hydrogen) atoms. The second-order valence-corrected chi connectivity index (χ2v) is 7.09. The molecular weight excluding hydrogens is 436 g/mol. The average molecular weight is 468 g/mol. The highest BCUT2D eigenvalue weighted by molar-refractivity contribution is 9.09. The number of hydrogen-bond donors (Lipinski definition) is 2. The molecule has 2 fully saturated rings. The molecule has 0 atom stereocenters. The Morgan fingerprint density at radius 1 is 1.04 bits per heavy atom. The van der Waals surface area contributed by atoms with E-state index in [-0.39, 0.29) is 29.2 Å². The lowest BCUT2D eigenvalue weighted by Crippen LogP contribution is -3.00. The van der Waals surface area contributed by atoms with Crippen LogP contribution in [0, 0.1) is 24.7 Å². The number of piperidine rings is 2. The molecule has 0 aromatic rings. The van der Waals surface area contributed by atoms with Crippen molar-refractivity contribution in [3.8, 4) is 24.7 Å². The average Bonchev–Trinajstić information content (AvgIpc) is 2.54. The Morgan fingerprint density at radius 3 is 1.79 bits per heavy atom. The van der Waals surface area contributed by atoms with Crippen LogP contribution in [0.3, 0.4) is 0 Å². The highest BCUT2D eigenvalue weighted by Crippen LogP contribution is 2.15. The topological polar surface area (TPSA) is 43.7 Å². The molecule has 0 aromatic heterocycles. The smallest absolute Gasteiger partial charge is 0.140 e. The van der Waals surface area contributed by atoms with Crippen molar-refractivity contribution in [3.05, 3.63) is 0 Å². The van der Waals surface area contributed by atoms with Crippen LogP contribution in [0.4, 0.5) is 0 Å². The zero-order valence-electron chi connectivity index (χ0n) is 14.9. The maximum absolute atomic E-state index is 9.25. The van der Waals surface area contributed by atoms with Gasteiger partial charge in [0.15, 0.2) is 0 Å². The van der Waals surface area contributed by atoms with Crippen molar-refractivity contribution in [1.82, 2.24) is 4.90 Å². The maximum Gasteiger partial charge on any atom is 0.140 e. The molecule has 0 saturated carbocycles. The van der Waals surface area contributed by atoms with Crippen LogP contribution in [0.5, 0.6) is 0 Å². The van der Waals surface area contributed by atoms with Crippen molar-refractivity contribution in [2.24, 2.45) is 0 Å². The van der Waals surface area contributed by atoms with Gasteiger partial charge in [0.05, 0.1) is 37.7 Å². The molecule has 2 aliphatic rings. The number of nitrogens with zero attached hydrogens (tertiary/aromatic N) is 2. The first-order valence-electron chi connectivity index (χ1n) is 8.18. The molecule has 0 spiro atoms. The molecule has 0 unspecified atom stereocenters. The largest absolute Gasteiger partial charge is 1.00 e. The number of hydrogen-bond acceptors (Lipinski definition) is 3. The van der Waals surface area contributed by atoms with E-state index in [9.17, 15) is 5.11 Å². The van der Waals surface area contributed by atoms with Gasteiger partial charge in [-0.1, -0.05) is 21.9 Å². The van der Waals surface area contributed by atoms with Crippen molar-refractivity contribution >= 4 is 15.9 Å². The van der Waals surface area contributed by atoms with Gasteiger partial charge in [0.2, 0.25) is 0 Å². The van der Waals surface area contributed by atoms with Gasteiger partial charge in [-0.25, -0.2) is 0 Å². The van der Waals surface area contributed by atoms with Crippen LogP contribution in [-0.2, 0) is 0 Å². The molecule has 4 nitrogen and oxygen atoms in total. The van der Waals surface area contributed by atoms with Crippen LogP contribution < -0.4 is 17.0 Å². The van der Waals surface area contributed by atoms with Crippen molar-refractivity contribution in [3.63, 3.8) is 0 Å². The fourth-order valence-electron chi connectivity index (χ4n) is 2.55. The van der Waals surface area contributed by atoms with Gasteiger partial charge in [0.1, 0.15) is 6.54 Å². The second kappa shape index (κ2) is 15.2. The van der Waals surface area contributed by atoms with Crippen LogP contribution in [0.1, 0.15) is 25.7 Å². The molecule has 2 heterocycles. The van der Waals surface area contributed by atoms with E-state index in [1.807, 2.05) is 0 Å². The Bertz CT molecular complexity index is 367. The molecule has 2 saturated heterocycles. The molecule has 0 aromatic carbocycles. The summed E-state index contributed by atoms with van der Waals surface area (Å²) < 4.78 is 0.938. The van der Waals surface area contributed by atoms with Gasteiger partial charge in [-0.3, -0.25) is 0 Å². The quantitative estimate of drug-likeness (QED) is 0.275. The standard InChI is InChI=1S/C9H16NO.C6H13NO.C3H3Br.BrH/c1-3-6-10(2)7-4-9(11)5-8-10;1-7-4-2-6(8)3-5-7;1-2-3-4;/h1,9,11H,4-8H2,2H3;6,8H,2-5H2,1H3;1H,3H2;1H/q+1;;;/p-1. The van der Waals surface area contributed by atoms with Crippen LogP contribution in [0.25, 0.3) is 0 Å². The van der Waals surface area contributed by atoms with E-state index in [2.05, 4.69) is 46.8 Å². The predicted molar refractivity (Wildman–Crippen MR) is 100 cm³/mol. The summed E-state index contributed by atoms with van der Waals surface area (Å²) in [5, 5.41) is 18.9. The first-order chi connectivity index (χ1) is 10.9. The van der Waals surface area contributed by atoms with Gasteiger partial charge in [-0.2, -0.15) is 0 Å². The molecule has 6 heteroatoms. The third-order valence-corrected chi connectivity index (χ3v) is 4.57. The summed E-state index contributed by atoms with van der Waals surface area (Å²) in [6.45, 7) is 4.95. The normalized spacial score (nSPS) is 27.0. The van der Waals surface area contributed by atoms with Gasteiger partial charge in [-0.15, -0.1) is 12.8 Å². The van der Waals surface area contributed by atoms with Crippen molar-refractivity contribution in [1.29, 1.82) is 0 Å². The number of halogens is 2. The Balaban J connectivity index is 0. The van der Waals surface area contributed by atoms with E-state index in [0.29, 0.717) is 5.33 Å². The Labute approximate surface area is 167 Å². The molecule has 2 N–H and O–H groups in total. The summed E-state index contributed by atoms with van der Waals surface area (Å²) in [7, 11) is 4.25. The van der Waals surface area contributed by atoms with E-state index < -0.39 is 0 Å². The summed E-state index contributed by atoms with van der Waals surface area (Å²) in [5.74, 6) is 5.03. The Hall–Kier alpha value is -0.0800. The van der Waals surface area contributed by atoms with E-state index >= 15 is 0 Å².